The van der Waals surface area contributed by atoms with Crippen molar-refractivity contribution in [2.24, 2.45) is 0 Å². The molecule has 0 radical (unpaired) electrons. The van der Waals surface area contributed by atoms with Gasteiger partial charge in [0.1, 0.15) is 0 Å². The lowest BCUT2D eigenvalue weighted by Gasteiger charge is -2.27. The zero-order chi connectivity index (χ0) is 80.8. The fourth-order valence-electron chi connectivity index (χ4n) is 14.4. The molecular formula is C96H144O16. The summed E-state index contributed by atoms with van der Waals surface area (Å²) in [6.45, 7) is 17.2. The van der Waals surface area contributed by atoms with Crippen LogP contribution in [0.1, 0.15) is 415 Å². The zero-order valence-corrected chi connectivity index (χ0v) is 70.7. The third-order valence-corrected chi connectivity index (χ3v) is 21.2. The van der Waals surface area contributed by atoms with Gasteiger partial charge in [-0.15, -0.1) is 0 Å². The summed E-state index contributed by atoms with van der Waals surface area (Å²) < 4.78 is 51.7. The van der Waals surface area contributed by atoms with E-state index in [1.807, 2.05) is 0 Å². The van der Waals surface area contributed by atoms with Crippen LogP contribution in [0.2, 0.25) is 0 Å². The van der Waals surface area contributed by atoms with Crippen LogP contribution in [0, 0.1) is 0 Å². The molecule has 0 heterocycles. The third kappa shape index (κ3) is 37.3. The molecule has 0 unspecified atom stereocenters. The minimum atomic E-state index is -0.560. The van der Waals surface area contributed by atoms with E-state index in [2.05, 4.69) is 55.4 Å². The van der Waals surface area contributed by atoms with Gasteiger partial charge in [-0.3, -0.25) is 38.4 Å². The third-order valence-electron chi connectivity index (χ3n) is 21.2. The van der Waals surface area contributed by atoms with Gasteiger partial charge in [0.2, 0.25) is 0 Å². The molecular weight excluding hydrogens is 1410 g/mol. The van der Waals surface area contributed by atoms with Gasteiger partial charge < -0.3 is 37.9 Å². The maximum Gasteiger partial charge on any atom is 0.311 e. The lowest BCUT2D eigenvalue weighted by molar-refractivity contribution is -0.137. The van der Waals surface area contributed by atoms with E-state index < -0.39 is 47.8 Å². The number of carbonyl (C=O) groups is 8. The van der Waals surface area contributed by atoms with Crippen molar-refractivity contribution in [3.05, 3.63) is 48.5 Å². The molecule has 0 saturated carbocycles. The molecule has 16 heteroatoms. The number of unbranched alkanes of at least 4 members (excludes halogenated alkanes) is 40. The van der Waals surface area contributed by atoms with Crippen LogP contribution in [0.25, 0.3) is 44.5 Å². The fourth-order valence-corrected chi connectivity index (χ4v) is 14.4. The van der Waals surface area contributed by atoms with Crippen molar-refractivity contribution in [1.29, 1.82) is 0 Å². The number of benzene rings is 4. The van der Waals surface area contributed by atoms with Crippen LogP contribution in [0.5, 0.6) is 46.0 Å². The molecule has 4 aromatic rings. The molecule has 0 N–H and O–H groups in total. The second-order valence-corrected chi connectivity index (χ2v) is 31.3. The van der Waals surface area contributed by atoms with Crippen LogP contribution >= 0.6 is 0 Å². The first-order valence-electron chi connectivity index (χ1n) is 45.0. The average Bonchev–Trinajstić information content (AvgIpc) is 0.724. The number of fused-ring (bicyclic) bond motifs is 8. The van der Waals surface area contributed by atoms with E-state index >= 15 is 0 Å². The van der Waals surface area contributed by atoms with E-state index in [1.54, 1.807) is 48.5 Å². The monoisotopic (exact) mass is 1550 g/mol. The summed E-state index contributed by atoms with van der Waals surface area (Å²) in [5.74, 6) is -5.16. The number of rotatable bonds is 64. The highest BCUT2D eigenvalue weighted by Gasteiger charge is 2.33. The second kappa shape index (κ2) is 58.5. The van der Waals surface area contributed by atoms with Crippen molar-refractivity contribution < 1.29 is 76.3 Å². The van der Waals surface area contributed by atoms with Gasteiger partial charge in [-0.05, 0) is 144 Å². The van der Waals surface area contributed by atoms with E-state index in [4.69, 9.17) is 37.9 Å². The molecule has 5 rings (SSSR count). The highest BCUT2D eigenvalue weighted by molar-refractivity contribution is 6.07. The average molecular weight is 1550 g/mol. The van der Waals surface area contributed by atoms with Gasteiger partial charge in [-0.2, -0.15) is 0 Å². The molecule has 0 atom stereocenters. The van der Waals surface area contributed by atoms with Crippen LogP contribution in [0.3, 0.4) is 0 Å². The van der Waals surface area contributed by atoms with E-state index in [1.165, 1.54) is 0 Å². The van der Waals surface area contributed by atoms with Crippen LogP contribution in [0.4, 0.5) is 0 Å². The number of hydrogen-bond acceptors (Lipinski definition) is 16. The molecule has 0 fully saturated rings. The Morgan fingerprint density at radius 3 is 0.339 bits per heavy atom. The maximum atomic E-state index is 14.5. The van der Waals surface area contributed by atoms with Crippen molar-refractivity contribution in [1.82, 2.24) is 0 Å². The normalized spacial score (nSPS) is 11.4. The molecule has 624 valence electrons. The Morgan fingerprint density at radius 1 is 0.152 bits per heavy atom. The highest BCUT2D eigenvalue weighted by Crippen LogP contribution is 2.57. The van der Waals surface area contributed by atoms with Crippen molar-refractivity contribution in [2.45, 2.75) is 415 Å². The second-order valence-electron chi connectivity index (χ2n) is 31.3. The van der Waals surface area contributed by atoms with Crippen LogP contribution < -0.4 is 37.9 Å². The van der Waals surface area contributed by atoms with Crippen LogP contribution in [0.15, 0.2) is 48.5 Å². The molecule has 1 aliphatic rings. The number of ether oxygens (including phenoxy) is 8. The molecule has 0 spiro atoms. The first-order valence-corrected chi connectivity index (χ1v) is 45.0. The Labute approximate surface area is 674 Å². The molecule has 0 saturated heterocycles. The summed E-state index contributed by atoms with van der Waals surface area (Å²) in [4.78, 5) is 116. The largest absolute Gasteiger partial charge is 0.422 e. The molecule has 0 aromatic heterocycles. The van der Waals surface area contributed by atoms with Gasteiger partial charge in [0.05, 0.1) is 0 Å². The minimum absolute atomic E-state index is 0.0629. The van der Waals surface area contributed by atoms with E-state index in [0.29, 0.717) is 95.9 Å². The zero-order valence-electron chi connectivity index (χ0n) is 70.7. The first kappa shape index (κ1) is 95.2. The molecule has 0 aliphatic heterocycles. The Balaban J connectivity index is 2.01. The summed E-state index contributed by atoms with van der Waals surface area (Å²) in [5, 5.41) is 0. The molecule has 4 aromatic carbocycles. The van der Waals surface area contributed by atoms with E-state index in [-0.39, 0.29) is 97.4 Å². The first-order chi connectivity index (χ1) is 54.6. The molecule has 112 heavy (non-hydrogen) atoms. The predicted octanol–water partition coefficient (Wildman–Crippen LogP) is 27.9. The Kier molecular flexibility index (Phi) is 49.7. The van der Waals surface area contributed by atoms with Gasteiger partial charge in [0.25, 0.3) is 0 Å². The lowest BCUT2D eigenvalue weighted by Crippen LogP contribution is -2.15. The standard InChI is InChI=1S/C96H144O16/c1-9-17-25-33-41-49-57-89(97)105-81-65-73-74(66-82(81)106-90(98)58-50-42-34-26-18-10-2)76-68-84(108-92(100)60-52-44-36-28-20-12-4)86(110-94(102)62-54-46-38-30-22-14-6)70-78(76)80-72-88(112-96(104)64-56-48-40-32-24-16-8)87(111-95(103)63-55-47-39-31-23-15-7)71-79(80)77-69-85(109-93(101)61-53-45-37-29-21-13-5)83(67-75(73)77)107-91(99)59-51-43-35-27-19-11-3/h65-72H,9-64H2,1-8H3. The summed E-state index contributed by atoms with van der Waals surface area (Å²) in [6, 6.07) is 13.0. The molecule has 16 nitrogen and oxygen atoms in total. The number of carbonyl (C=O) groups excluding carboxylic acids is 8. The Morgan fingerprint density at radius 2 is 0.241 bits per heavy atom. The van der Waals surface area contributed by atoms with Crippen LogP contribution in [-0.4, -0.2) is 47.8 Å². The topological polar surface area (TPSA) is 210 Å². The van der Waals surface area contributed by atoms with Crippen molar-refractivity contribution in [2.75, 3.05) is 0 Å². The van der Waals surface area contributed by atoms with Gasteiger partial charge in [-0.1, -0.05) is 312 Å². The van der Waals surface area contributed by atoms with E-state index in [0.717, 1.165) is 257 Å². The van der Waals surface area contributed by atoms with Gasteiger partial charge in [-0.25, -0.2) is 0 Å². The Hall–Kier alpha value is -7.36. The Bertz CT molecular complexity index is 2740. The number of hydrogen-bond donors (Lipinski definition) is 0. The lowest BCUT2D eigenvalue weighted by atomic mass is 9.80. The van der Waals surface area contributed by atoms with Gasteiger partial charge >= 0.3 is 47.8 Å². The molecule has 0 bridgehead atoms. The highest BCUT2D eigenvalue weighted by atomic mass is 16.6. The number of esters is 8. The van der Waals surface area contributed by atoms with Crippen molar-refractivity contribution in [3.8, 4) is 90.5 Å². The van der Waals surface area contributed by atoms with Gasteiger partial charge in [0, 0.05) is 51.4 Å². The van der Waals surface area contributed by atoms with E-state index in [9.17, 15) is 38.4 Å². The summed E-state index contributed by atoms with van der Waals surface area (Å²) in [7, 11) is 0. The SMILES string of the molecule is CCCCCCCCC(=O)Oc1cc2c(cc1OC(=O)CCCCCCCC)-c1cc(OC(=O)CCCCCCCC)c(OC(=O)CCCCCCCC)cc1-c1cc(OC(=O)CCCCCCCC)c(OC(=O)CCCCCCCC)cc1-c1cc(OC(=O)CCCCCCCC)c(OC(=O)CCCCCCCC)cc1-2. The predicted molar refractivity (Wildman–Crippen MR) is 451 cm³/mol. The molecule has 0 amide bonds. The fraction of sp³-hybridized carbons (Fsp3) is 0.667. The smallest absolute Gasteiger partial charge is 0.311 e. The van der Waals surface area contributed by atoms with Crippen LogP contribution in [-0.2, 0) is 38.4 Å². The molecule has 1 aliphatic carbocycles. The summed E-state index contributed by atoms with van der Waals surface area (Å²) in [6.07, 6.45) is 44.4. The quantitative estimate of drug-likeness (QED) is 0.0201. The minimum Gasteiger partial charge on any atom is -0.422 e. The van der Waals surface area contributed by atoms with Crippen molar-refractivity contribution >= 4 is 47.8 Å². The van der Waals surface area contributed by atoms with Crippen molar-refractivity contribution in [3.63, 3.8) is 0 Å². The maximum absolute atomic E-state index is 14.5. The summed E-state index contributed by atoms with van der Waals surface area (Å²) >= 11 is 0. The summed E-state index contributed by atoms with van der Waals surface area (Å²) in [5.41, 5.74) is 2.60. The van der Waals surface area contributed by atoms with Gasteiger partial charge in [0.15, 0.2) is 46.0 Å².